The molecule has 0 aromatic heterocycles. The average molecular weight is 246 g/mol. The van der Waals surface area contributed by atoms with E-state index < -0.39 is 23.1 Å². The van der Waals surface area contributed by atoms with Crippen LogP contribution in [0.1, 0.15) is 12.8 Å². The summed E-state index contributed by atoms with van der Waals surface area (Å²) >= 11 is 4.86. The molecule has 2 rings (SSSR count). The first-order valence-corrected chi connectivity index (χ1v) is 5.19. The first-order chi connectivity index (χ1) is 7.56. The van der Waals surface area contributed by atoms with Crippen molar-refractivity contribution >= 4 is 23.0 Å². The Morgan fingerprint density at radius 2 is 1.75 bits per heavy atom. The molecule has 1 aliphatic carbocycles. The van der Waals surface area contributed by atoms with Gasteiger partial charge in [0.1, 0.15) is 11.5 Å². The molecular weight excluding hydrogens is 237 g/mol. The fourth-order valence-electron chi connectivity index (χ4n) is 1.22. The number of halogens is 3. The molecule has 0 atom stereocenters. The van der Waals surface area contributed by atoms with Crippen LogP contribution >= 0.6 is 12.2 Å². The van der Waals surface area contributed by atoms with Gasteiger partial charge in [0, 0.05) is 18.2 Å². The molecule has 0 amide bonds. The van der Waals surface area contributed by atoms with E-state index in [4.69, 9.17) is 12.2 Å². The molecular formula is C10H9F3N2S. The fourth-order valence-corrected chi connectivity index (χ4v) is 1.49. The van der Waals surface area contributed by atoms with Gasteiger partial charge >= 0.3 is 0 Å². The lowest BCUT2D eigenvalue weighted by atomic mass is 10.3. The maximum absolute atomic E-state index is 13.2. The zero-order valence-electron chi connectivity index (χ0n) is 8.19. The third kappa shape index (κ3) is 2.63. The molecule has 1 saturated carbocycles. The summed E-state index contributed by atoms with van der Waals surface area (Å²) in [6, 6.07) is 1.49. The zero-order valence-corrected chi connectivity index (χ0v) is 9.00. The van der Waals surface area contributed by atoms with Crippen LogP contribution in [0.15, 0.2) is 12.1 Å². The minimum absolute atomic E-state index is 0.145. The second kappa shape index (κ2) is 4.29. The molecule has 0 aliphatic heterocycles. The SMILES string of the molecule is Fc1cc(F)c(NC(=S)NC2CC2)c(F)c1. The quantitative estimate of drug-likeness (QED) is 0.784. The molecule has 2 N–H and O–H groups in total. The Balaban J connectivity index is 2.10. The summed E-state index contributed by atoms with van der Waals surface area (Å²) in [6.07, 6.45) is 1.99. The molecule has 1 fully saturated rings. The number of benzene rings is 1. The largest absolute Gasteiger partial charge is 0.360 e. The van der Waals surface area contributed by atoms with E-state index >= 15 is 0 Å². The smallest absolute Gasteiger partial charge is 0.171 e. The van der Waals surface area contributed by atoms with E-state index in [-0.39, 0.29) is 11.2 Å². The van der Waals surface area contributed by atoms with E-state index in [0.717, 1.165) is 12.8 Å². The summed E-state index contributed by atoms with van der Waals surface area (Å²) in [4.78, 5) is 0. The van der Waals surface area contributed by atoms with Crippen molar-refractivity contribution in [3.63, 3.8) is 0 Å². The van der Waals surface area contributed by atoms with Crippen LogP contribution < -0.4 is 10.6 Å². The van der Waals surface area contributed by atoms with Crippen LogP contribution in [-0.4, -0.2) is 11.2 Å². The van der Waals surface area contributed by atoms with E-state index in [2.05, 4.69) is 10.6 Å². The van der Waals surface area contributed by atoms with Crippen molar-refractivity contribution in [3.8, 4) is 0 Å². The number of anilines is 1. The van der Waals surface area contributed by atoms with Crippen LogP contribution in [0.3, 0.4) is 0 Å². The highest BCUT2D eigenvalue weighted by molar-refractivity contribution is 7.80. The van der Waals surface area contributed by atoms with Gasteiger partial charge in [-0.2, -0.15) is 0 Å². The second-order valence-electron chi connectivity index (χ2n) is 3.62. The van der Waals surface area contributed by atoms with Gasteiger partial charge in [0.15, 0.2) is 16.7 Å². The van der Waals surface area contributed by atoms with E-state index in [0.29, 0.717) is 12.1 Å². The molecule has 0 radical (unpaired) electrons. The van der Waals surface area contributed by atoms with Crippen molar-refractivity contribution in [2.45, 2.75) is 18.9 Å². The Labute approximate surface area is 95.8 Å². The topological polar surface area (TPSA) is 24.1 Å². The Morgan fingerprint density at radius 1 is 1.19 bits per heavy atom. The maximum Gasteiger partial charge on any atom is 0.171 e. The highest BCUT2D eigenvalue weighted by atomic mass is 32.1. The highest BCUT2D eigenvalue weighted by Crippen LogP contribution is 2.22. The number of rotatable bonds is 2. The second-order valence-corrected chi connectivity index (χ2v) is 4.03. The number of hydrogen-bond acceptors (Lipinski definition) is 1. The maximum atomic E-state index is 13.2. The van der Waals surface area contributed by atoms with Crippen LogP contribution in [-0.2, 0) is 0 Å². The number of hydrogen-bond donors (Lipinski definition) is 2. The molecule has 0 bridgehead atoms. The van der Waals surface area contributed by atoms with Crippen LogP contribution in [0.4, 0.5) is 18.9 Å². The van der Waals surface area contributed by atoms with Gasteiger partial charge in [0.05, 0.1) is 0 Å². The molecule has 16 heavy (non-hydrogen) atoms. The summed E-state index contributed by atoms with van der Waals surface area (Å²) in [5, 5.41) is 5.39. The van der Waals surface area contributed by atoms with Gasteiger partial charge in [0.25, 0.3) is 0 Å². The minimum Gasteiger partial charge on any atom is -0.360 e. The van der Waals surface area contributed by atoms with Gasteiger partial charge in [-0.1, -0.05) is 0 Å². The van der Waals surface area contributed by atoms with Gasteiger partial charge in [-0.3, -0.25) is 0 Å². The molecule has 2 nitrogen and oxygen atoms in total. The van der Waals surface area contributed by atoms with Crippen LogP contribution in [0.25, 0.3) is 0 Å². The third-order valence-electron chi connectivity index (χ3n) is 2.16. The highest BCUT2D eigenvalue weighted by Gasteiger charge is 2.22. The van der Waals surface area contributed by atoms with E-state index in [1.165, 1.54) is 0 Å². The molecule has 0 saturated heterocycles. The summed E-state index contributed by atoms with van der Waals surface area (Å²) in [6.45, 7) is 0. The Kier molecular flexibility index (Phi) is 3.00. The van der Waals surface area contributed by atoms with Crippen LogP contribution in [0.5, 0.6) is 0 Å². The minimum atomic E-state index is -1.00. The zero-order chi connectivity index (χ0) is 11.7. The van der Waals surface area contributed by atoms with Gasteiger partial charge in [0.2, 0.25) is 0 Å². The van der Waals surface area contributed by atoms with Gasteiger partial charge < -0.3 is 10.6 Å². The molecule has 86 valence electrons. The number of thiocarbonyl (C=S) groups is 1. The van der Waals surface area contributed by atoms with Crippen LogP contribution in [0, 0.1) is 17.5 Å². The number of nitrogens with one attached hydrogen (secondary N) is 2. The van der Waals surface area contributed by atoms with Gasteiger partial charge in [-0.15, -0.1) is 0 Å². The Bertz CT molecular complexity index is 409. The molecule has 1 aliphatic rings. The average Bonchev–Trinajstić information content (AvgIpc) is 2.95. The van der Waals surface area contributed by atoms with E-state index in [1.54, 1.807) is 0 Å². The monoisotopic (exact) mass is 246 g/mol. The normalized spacial score (nSPS) is 14.7. The first-order valence-electron chi connectivity index (χ1n) is 4.78. The van der Waals surface area contributed by atoms with E-state index in [1.807, 2.05) is 0 Å². The van der Waals surface area contributed by atoms with E-state index in [9.17, 15) is 13.2 Å². The van der Waals surface area contributed by atoms with Crippen LogP contribution in [0.2, 0.25) is 0 Å². The molecule has 1 aromatic rings. The summed E-state index contributed by atoms with van der Waals surface area (Å²) < 4.78 is 39.0. The van der Waals surface area contributed by atoms with Crippen molar-refractivity contribution in [1.82, 2.24) is 5.32 Å². The molecule has 0 heterocycles. The summed E-state index contributed by atoms with van der Waals surface area (Å²) in [5.74, 6) is -2.96. The predicted octanol–water partition coefficient (Wildman–Crippen LogP) is 2.55. The molecule has 6 heteroatoms. The molecule has 0 spiro atoms. The lowest BCUT2D eigenvalue weighted by molar-refractivity contribution is 0.549. The Hall–Kier alpha value is -1.30. The standard InChI is InChI=1S/C10H9F3N2S/c11-5-3-7(12)9(8(13)4-5)15-10(16)14-6-1-2-6/h3-4,6H,1-2H2,(H2,14,15,16). The summed E-state index contributed by atoms with van der Waals surface area (Å²) in [5.41, 5.74) is -0.431. The van der Waals surface area contributed by atoms with Crippen molar-refractivity contribution in [1.29, 1.82) is 0 Å². The Morgan fingerprint density at radius 3 is 2.25 bits per heavy atom. The molecule has 0 unspecified atom stereocenters. The first kappa shape index (κ1) is 11.2. The van der Waals surface area contributed by atoms with Gasteiger partial charge in [-0.05, 0) is 25.1 Å². The van der Waals surface area contributed by atoms with Crippen molar-refractivity contribution in [2.75, 3.05) is 5.32 Å². The van der Waals surface area contributed by atoms with Gasteiger partial charge in [-0.25, -0.2) is 13.2 Å². The lowest BCUT2D eigenvalue weighted by Crippen LogP contribution is -2.30. The third-order valence-corrected chi connectivity index (χ3v) is 2.38. The predicted molar refractivity (Wildman–Crippen MR) is 58.7 cm³/mol. The molecule has 1 aromatic carbocycles. The van der Waals surface area contributed by atoms with Crippen molar-refractivity contribution in [3.05, 3.63) is 29.6 Å². The fraction of sp³-hybridized carbons (Fsp3) is 0.300. The summed E-state index contributed by atoms with van der Waals surface area (Å²) in [7, 11) is 0. The van der Waals surface area contributed by atoms with Crippen molar-refractivity contribution < 1.29 is 13.2 Å². The van der Waals surface area contributed by atoms with Crippen molar-refractivity contribution in [2.24, 2.45) is 0 Å². The lowest BCUT2D eigenvalue weighted by Gasteiger charge is -2.11.